The van der Waals surface area contributed by atoms with Crippen LogP contribution in [0.3, 0.4) is 0 Å². The third-order valence-electron chi connectivity index (χ3n) is 8.29. The Labute approximate surface area is 204 Å². The molecule has 3 heterocycles. The van der Waals surface area contributed by atoms with E-state index < -0.39 is 0 Å². The number of rotatable bonds is 5. The molecule has 35 heavy (non-hydrogen) atoms. The van der Waals surface area contributed by atoms with E-state index >= 15 is 0 Å². The highest BCUT2D eigenvalue weighted by molar-refractivity contribution is 6.21. The first kappa shape index (κ1) is 22.4. The van der Waals surface area contributed by atoms with Crippen LogP contribution in [-0.2, 0) is 0 Å². The van der Waals surface area contributed by atoms with E-state index in [1.165, 1.54) is 23.5 Å². The SMILES string of the molecule is O=C1c2ccccc2C(=O)N1C[C@@H]1CCCC[C@H]1CN1CCC(c2noc3cc(F)ccc23)CC1. The molecule has 0 N–H and O–H groups in total. The second-order valence-electron chi connectivity index (χ2n) is 10.4. The van der Waals surface area contributed by atoms with Crippen molar-refractivity contribution in [1.29, 1.82) is 0 Å². The van der Waals surface area contributed by atoms with Crippen LogP contribution in [0.4, 0.5) is 4.39 Å². The van der Waals surface area contributed by atoms with Crippen LogP contribution in [0, 0.1) is 17.7 Å². The summed E-state index contributed by atoms with van der Waals surface area (Å²) in [6, 6.07) is 11.8. The molecule has 2 fully saturated rings. The smallest absolute Gasteiger partial charge is 0.261 e. The second kappa shape index (κ2) is 9.19. The normalized spacial score (nSPS) is 23.9. The number of aromatic nitrogens is 1. The Bertz CT molecular complexity index is 1230. The molecule has 7 heteroatoms. The Kier molecular flexibility index (Phi) is 5.88. The van der Waals surface area contributed by atoms with Gasteiger partial charge in [0.05, 0.1) is 16.8 Å². The highest BCUT2D eigenvalue weighted by Crippen LogP contribution is 2.36. The maximum absolute atomic E-state index is 13.5. The number of fused-ring (bicyclic) bond motifs is 2. The molecule has 6 nitrogen and oxygen atoms in total. The van der Waals surface area contributed by atoms with Gasteiger partial charge in [-0.15, -0.1) is 0 Å². The van der Waals surface area contributed by atoms with Crippen molar-refractivity contribution < 1.29 is 18.5 Å². The van der Waals surface area contributed by atoms with Crippen LogP contribution >= 0.6 is 0 Å². The Morgan fingerprint density at radius 1 is 0.886 bits per heavy atom. The first-order chi connectivity index (χ1) is 17.1. The summed E-state index contributed by atoms with van der Waals surface area (Å²) in [4.78, 5) is 29.8. The number of nitrogens with zero attached hydrogens (tertiary/aromatic N) is 3. The van der Waals surface area contributed by atoms with E-state index in [2.05, 4.69) is 10.1 Å². The summed E-state index contributed by atoms with van der Waals surface area (Å²) in [6.45, 7) is 3.49. The molecule has 6 rings (SSSR count). The van der Waals surface area contributed by atoms with Gasteiger partial charge in [-0.05, 0) is 74.9 Å². The number of hydrogen-bond donors (Lipinski definition) is 0. The Morgan fingerprint density at radius 3 is 2.23 bits per heavy atom. The van der Waals surface area contributed by atoms with Crippen LogP contribution in [0.1, 0.15) is 70.9 Å². The maximum Gasteiger partial charge on any atom is 0.261 e. The quantitative estimate of drug-likeness (QED) is 0.472. The van der Waals surface area contributed by atoms with Gasteiger partial charge in [-0.2, -0.15) is 0 Å². The standard InChI is InChI=1S/C28H30FN3O3/c29-21-9-10-24-25(15-21)35-30-26(24)18-11-13-31(14-12-18)16-19-5-1-2-6-20(19)17-32-27(33)22-7-3-4-8-23(22)28(32)34/h3-4,7-10,15,18-20H,1-2,5-6,11-14,16-17H2/t19-,20-/m0/s1. The highest BCUT2D eigenvalue weighted by Gasteiger charge is 2.39. The lowest BCUT2D eigenvalue weighted by molar-refractivity contribution is 0.0555. The molecule has 1 saturated heterocycles. The lowest BCUT2D eigenvalue weighted by Gasteiger charge is -2.39. The first-order valence-electron chi connectivity index (χ1n) is 12.8. The number of imide groups is 1. The van der Waals surface area contributed by atoms with Crippen LogP contribution in [0.5, 0.6) is 0 Å². The van der Waals surface area contributed by atoms with Gasteiger partial charge in [-0.3, -0.25) is 14.5 Å². The molecule has 0 bridgehead atoms. The van der Waals surface area contributed by atoms with Crippen molar-refractivity contribution in [1.82, 2.24) is 15.0 Å². The minimum Gasteiger partial charge on any atom is -0.356 e. The predicted molar refractivity (Wildman–Crippen MR) is 130 cm³/mol. The van der Waals surface area contributed by atoms with Crippen LogP contribution < -0.4 is 0 Å². The Morgan fingerprint density at radius 2 is 1.54 bits per heavy atom. The van der Waals surface area contributed by atoms with E-state index in [4.69, 9.17) is 4.52 Å². The molecule has 2 atom stereocenters. The number of benzene rings is 2. The van der Waals surface area contributed by atoms with Gasteiger partial charge in [0.15, 0.2) is 5.58 Å². The maximum atomic E-state index is 13.5. The lowest BCUT2D eigenvalue weighted by Crippen LogP contribution is -2.43. The van der Waals surface area contributed by atoms with E-state index in [9.17, 15) is 14.0 Å². The van der Waals surface area contributed by atoms with Crippen molar-refractivity contribution in [2.75, 3.05) is 26.2 Å². The van der Waals surface area contributed by atoms with Crippen LogP contribution in [-0.4, -0.2) is 52.9 Å². The number of hydrogen-bond acceptors (Lipinski definition) is 5. The zero-order valence-corrected chi connectivity index (χ0v) is 19.8. The van der Waals surface area contributed by atoms with Gasteiger partial charge in [-0.25, -0.2) is 4.39 Å². The lowest BCUT2D eigenvalue weighted by atomic mass is 9.78. The van der Waals surface area contributed by atoms with Crippen LogP contribution in [0.15, 0.2) is 47.0 Å². The second-order valence-corrected chi connectivity index (χ2v) is 10.4. The van der Waals surface area contributed by atoms with Crippen molar-refractivity contribution in [2.45, 2.75) is 44.4 Å². The summed E-state index contributed by atoms with van der Waals surface area (Å²) >= 11 is 0. The zero-order chi connectivity index (χ0) is 23.9. The largest absolute Gasteiger partial charge is 0.356 e. The van der Waals surface area contributed by atoms with Crippen LogP contribution in [0.2, 0.25) is 0 Å². The minimum atomic E-state index is -0.307. The number of carbonyl (C=O) groups is 2. The molecule has 1 aliphatic carbocycles. The zero-order valence-electron chi connectivity index (χ0n) is 19.8. The molecule has 0 radical (unpaired) electrons. The number of amides is 2. The van der Waals surface area contributed by atoms with Crippen molar-refractivity contribution >= 4 is 22.8 Å². The van der Waals surface area contributed by atoms with E-state index in [1.54, 1.807) is 18.2 Å². The van der Waals surface area contributed by atoms with E-state index in [-0.39, 0.29) is 17.6 Å². The topological polar surface area (TPSA) is 66.7 Å². The predicted octanol–water partition coefficient (Wildman–Crippen LogP) is 5.25. The molecule has 2 aliphatic heterocycles. The highest BCUT2D eigenvalue weighted by atomic mass is 19.1. The van der Waals surface area contributed by atoms with Gasteiger partial charge in [0.2, 0.25) is 0 Å². The van der Waals surface area contributed by atoms with Gasteiger partial charge in [0, 0.05) is 30.5 Å². The Hall–Kier alpha value is -3.06. The van der Waals surface area contributed by atoms with Crippen molar-refractivity contribution in [3.05, 3.63) is 65.1 Å². The molecule has 3 aromatic rings. The number of likely N-dealkylation sites (tertiary alicyclic amines) is 1. The molecule has 3 aliphatic rings. The average molecular weight is 476 g/mol. The molecular weight excluding hydrogens is 445 g/mol. The number of halogens is 1. The molecule has 1 saturated carbocycles. The molecular formula is C28H30FN3O3. The number of piperidine rings is 1. The van der Waals surface area contributed by atoms with Gasteiger partial charge < -0.3 is 9.42 Å². The monoisotopic (exact) mass is 475 g/mol. The summed E-state index contributed by atoms with van der Waals surface area (Å²) in [7, 11) is 0. The minimum absolute atomic E-state index is 0.143. The van der Waals surface area contributed by atoms with Crippen molar-refractivity contribution in [2.24, 2.45) is 11.8 Å². The summed E-state index contributed by atoms with van der Waals surface area (Å²) in [5, 5.41) is 5.19. The van der Waals surface area contributed by atoms with Crippen molar-refractivity contribution in [3.63, 3.8) is 0 Å². The molecule has 0 unspecified atom stereocenters. The fourth-order valence-corrected chi connectivity index (χ4v) is 6.35. The molecule has 182 valence electrons. The molecule has 2 aromatic carbocycles. The molecule has 1 aromatic heterocycles. The summed E-state index contributed by atoms with van der Waals surface area (Å²) < 4.78 is 18.9. The third-order valence-corrected chi connectivity index (χ3v) is 8.29. The van der Waals surface area contributed by atoms with E-state index in [1.807, 2.05) is 12.1 Å². The van der Waals surface area contributed by atoms with Gasteiger partial charge in [0.1, 0.15) is 5.82 Å². The van der Waals surface area contributed by atoms with Gasteiger partial charge in [0.25, 0.3) is 11.8 Å². The summed E-state index contributed by atoms with van der Waals surface area (Å²) in [5.41, 5.74) is 2.53. The number of carbonyl (C=O) groups excluding carboxylic acids is 2. The summed E-state index contributed by atoms with van der Waals surface area (Å²) in [5.74, 6) is 0.557. The average Bonchev–Trinajstić information content (AvgIpc) is 3.40. The van der Waals surface area contributed by atoms with E-state index in [0.29, 0.717) is 41.0 Å². The first-order valence-corrected chi connectivity index (χ1v) is 12.8. The Balaban J connectivity index is 1.09. The van der Waals surface area contributed by atoms with Gasteiger partial charge >= 0.3 is 0 Å². The van der Waals surface area contributed by atoms with E-state index in [0.717, 1.165) is 62.8 Å². The van der Waals surface area contributed by atoms with Crippen LogP contribution in [0.25, 0.3) is 11.0 Å². The summed E-state index contributed by atoms with van der Waals surface area (Å²) in [6.07, 6.45) is 6.57. The van der Waals surface area contributed by atoms with Gasteiger partial charge in [-0.1, -0.05) is 30.1 Å². The fourth-order valence-electron chi connectivity index (χ4n) is 6.35. The molecule has 2 amide bonds. The fraction of sp³-hybridized carbons (Fsp3) is 0.464. The molecule has 0 spiro atoms. The van der Waals surface area contributed by atoms with Crippen molar-refractivity contribution in [3.8, 4) is 0 Å². The third kappa shape index (κ3) is 4.16.